The van der Waals surface area contributed by atoms with Crippen molar-refractivity contribution < 1.29 is 23.1 Å². The van der Waals surface area contributed by atoms with Crippen molar-refractivity contribution in [2.75, 3.05) is 16.8 Å². The fourth-order valence-electron chi connectivity index (χ4n) is 1.04. The lowest BCUT2D eigenvalue weighted by Crippen LogP contribution is -2.27. The van der Waals surface area contributed by atoms with Crippen LogP contribution in [0.1, 0.15) is 11.9 Å². The number of carboxylic acids is 1. The largest absolute Gasteiger partial charge is 0.480 e. The Morgan fingerprint density at radius 3 is 2.50 bits per heavy atom. The first-order valence-corrected chi connectivity index (χ1v) is 7.50. The van der Waals surface area contributed by atoms with Crippen LogP contribution >= 0.6 is 11.3 Å². The van der Waals surface area contributed by atoms with E-state index in [0.717, 1.165) is 11.3 Å². The summed E-state index contributed by atoms with van der Waals surface area (Å²) in [5.74, 6) is -4.28. The number of nitrogens with one attached hydrogen (secondary N) is 1. The van der Waals surface area contributed by atoms with E-state index in [-0.39, 0.29) is 5.13 Å². The SMILES string of the molecule is CCc1nnc(NC(=O)CS(=O)(=O)CC(=O)O)s1. The van der Waals surface area contributed by atoms with Crippen molar-refractivity contribution in [3.8, 4) is 0 Å². The number of rotatable bonds is 6. The van der Waals surface area contributed by atoms with Gasteiger partial charge in [-0.05, 0) is 6.42 Å². The zero-order valence-corrected chi connectivity index (χ0v) is 11.0. The number of anilines is 1. The Bertz CT molecular complexity index is 551. The number of carbonyl (C=O) groups excluding carboxylic acids is 1. The summed E-state index contributed by atoms with van der Waals surface area (Å²) in [5.41, 5.74) is 0. The minimum atomic E-state index is -3.95. The topological polar surface area (TPSA) is 126 Å². The molecule has 1 aromatic heterocycles. The molecule has 0 aliphatic heterocycles. The van der Waals surface area contributed by atoms with Gasteiger partial charge >= 0.3 is 5.97 Å². The summed E-state index contributed by atoms with van der Waals surface area (Å²) in [7, 11) is -3.95. The molecule has 2 N–H and O–H groups in total. The lowest BCUT2D eigenvalue weighted by Gasteiger charge is -2.01. The summed E-state index contributed by atoms with van der Waals surface area (Å²) < 4.78 is 22.5. The van der Waals surface area contributed by atoms with E-state index in [1.54, 1.807) is 0 Å². The molecule has 10 heteroatoms. The second kappa shape index (κ2) is 5.87. The van der Waals surface area contributed by atoms with Gasteiger partial charge < -0.3 is 5.11 Å². The molecule has 1 rings (SSSR count). The Kier molecular flexibility index (Phi) is 4.73. The molecule has 1 amide bonds. The number of carbonyl (C=O) groups is 2. The average Bonchev–Trinajstić information content (AvgIpc) is 2.61. The number of aliphatic carboxylic acids is 1. The lowest BCUT2D eigenvalue weighted by atomic mass is 10.5. The Balaban J connectivity index is 2.59. The highest BCUT2D eigenvalue weighted by atomic mass is 32.2. The normalized spacial score (nSPS) is 11.2. The van der Waals surface area contributed by atoms with E-state index in [2.05, 4.69) is 15.5 Å². The molecule has 0 radical (unpaired) electrons. The van der Waals surface area contributed by atoms with E-state index in [1.807, 2.05) is 6.92 Å². The Hall–Kier alpha value is -1.55. The number of aryl methyl sites for hydroxylation is 1. The number of sulfone groups is 1. The maximum atomic E-state index is 11.4. The van der Waals surface area contributed by atoms with Crippen LogP contribution in [-0.2, 0) is 25.8 Å². The van der Waals surface area contributed by atoms with E-state index in [1.165, 1.54) is 0 Å². The van der Waals surface area contributed by atoms with Crippen LogP contribution < -0.4 is 5.32 Å². The number of aromatic nitrogens is 2. The zero-order valence-electron chi connectivity index (χ0n) is 9.41. The second-order valence-electron chi connectivity index (χ2n) is 3.33. The quantitative estimate of drug-likeness (QED) is 0.726. The highest BCUT2D eigenvalue weighted by Crippen LogP contribution is 2.15. The van der Waals surface area contributed by atoms with Crippen molar-refractivity contribution in [1.29, 1.82) is 0 Å². The molecule has 0 saturated heterocycles. The first-order valence-electron chi connectivity index (χ1n) is 4.87. The number of amides is 1. The Morgan fingerprint density at radius 2 is 2.00 bits per heavy atom. The molecule has 8 nitrogen and oxygen atoms in total. The van der Waals surface area contributed by atoms with Crippen LogP contribution in [0.25, 0.3) is 0 Å². The Morgan fingerprint density at radius 1 is 1.33 bits per heavy atom. The van der Waals surface area contributed by atoms with Gasteiger partial charge in [-0.15, -0.1) is 10.2 Å². The third kappa shape index (κ3) is 4.75. The smallest absolute Gasteiger partial charge is 0.318 e. The van der Waals surface area contributed by atoms with E-state index in [0.29, 0.717) is 11.4 Å². The molecule has 0 atom stereocenters. The van der Waals surface area contributed by atoms with Crippen LogP contribution in [0.4, 0.5) is 5.13 Å². The van der Waals surface area contributed by atoms with Gasteiger partial charge in [0.2, 0.25) is 11.0 Å². The maximum absolute atomic E-state index is 11.4. The summed E-state index contributed by atoms with van der Waals surface area (Å²) in [4.78, 5) is 21.6. The van der Waals surface area contributed by atoms with Crippen molar-refractivity contribution >= 4 is 38.2 Å². The summed E-state index contributed by atoms with van der Waals surface area (Å²) in [6.45, 7) is 1.86. The van der Waals surface area contributed by atoms with Gasteiger partial charge in [0.25, 0.3) is 0 Å². The summed E-state index contributed by atoms with van der Waals surface area (Å²) in [6.07, 6.45) is 0.658. The van der Waals surface area contributed by atoms with Crippen LogP contribution in [0.2, 0.25) is 0 Å². The molecule has 0 aromatic carbocycles. The molecular weight excluding hydrogens is 282 g/mol. The van der Waals surface area contributed by atoms with Crippen molar-refractivity contribution in [3.05, 3.63) is 5.01 Å². The molecule has 0 bridgehead atoms. The molecule has 100 valence electrons. The van der Waals surface area contributed by atoms with E-state index in [9.17, 15) is 18.0 Å². The molecule has 0 spiro atoms. The number of hydrogen-bond acceptors (Lipinski definition) is 7. The van der Waals surface area contributed by atoms with Crippen molar-refractivity contribution in [2.24, 2.45) is 0 Å². The monoisotopic (exact) mass is 293 g/mol. The van der Waals surface area contributed by atoms with Gasteiger partial charge in [0.15, 0.2) is 9.84 Å². The Labute approximate surface area is 107 Å². The first-order chi connectivity index (χ1) is 8.32. The van der Waals surface area contributed by atoms with Gasteiger partial charge in [0.1, 0.15) is 16.5 Å². The molecule has 0 unspecified atom stereocenters. The third-order valence-electron chi connectivity index (χ3n) is 1.71. The first kappa shape index (κ1) is 14.5. The standard InChI is InChI=1S/C8H11N3O5S2/c1-2-6-10-11-8(17-6)9-5(12)3-18(15,16)4-7(13)14/h2-4H2,1H3,(H,13,14)(H,9,11,12). The van der Waals surface area contributed by atoms with Crippen LogP contribution in [0.15, 0.2) is 0 Å². The van der Waals surface area contributed by atoms with Gasteiger partial charge in [-0.3, -0.25) is 14.9 Å². The fraction of sp³-hybridized carbons (Fsp3) is 0.500. The second-order valence-corrected chi connectivity index (χ2v) is 6.46. The average molecular weight is 293 g/mol. The molecule has 18 heavy (non-hydrogen) atoms. The van der Waals surface area contributed by atoms with Crippen LogP contribution in [0.3, 0.4) is 0 Å². The van der Waals surface area contributed by atoms with Crippen LogP contribution in [0, 0.1) is 0 Å². The molecule has 0 saturated carbocycles. The number of nitrogens with zero attached hydrogens (tertiary/aromatic N) is 2. The molecule has 1 heterocycles. The molecular formula is C8H11N3O5S2. The molecule has 0 aliphatic rings. The van der Waals surface area contributed by atoms with Crippen molar-refractivity contribution in [3.63, 3.8) is 0 Å². The third-order valence-corrected chi connectivity index (χ3v) is 4.08. The van der Waals surface area contributed by atoms with E-state index < -0.39 is 33.2 Å². The lowest BCUT2D eigenvalue weighted by molar-refractivity contribution is -0.134. The highest BCUT2D eigenvalue weighted by Gasteiger charge is 2.21. The van der Waals surface area contributed by atoms with Crippen molar-refractivity contribution in [1.82, 2.24) is 10.2 Å². The van der Waals surface area contributed by atoms with Crippen LogP contribution in [-0.4, -0.2) is 47.1 Å². The van der Waals surface area contributed by atoms with E-state index in [4.69, 9.17) is 5.11 Å². The van der Waals surface area contributed by atoms with Gasteiger partial charge in [0, 0.05) is 0 Å². The highest BCUT2D eigenvalue weighted by molar-refractivity contribution is 7.92. The molecule has 0 aliphatic carbocycles. The van der Waals surface area contributed by atoms with Gasteiger partial charge in [-0.1, -0.05) is 18.3 Å². The minimum Gasteiger partial charge on any atom is -0.480 e. The predicted molar refractivity (Wildman–Crippen MR) is 64.2 cm³/mol. The summed E-state index contributed by atoms with van der Waals surface area (Å²) in [6, 6.07) is 0. The fourth-order valence-corrected chi connectivity index (χ4v) is 2.69. The van der Waals surface area contributed by atoms with Gasteiger partial charge in [0.05, 0.1) is 0 Å². The summed E-state index contributed by atoms with van der Waals surface area (Å²) >= 11 is 1.14. The predicted octanol–water partition coefficient (Wildman–Crippen LogP) is -0.462. The number of hydrogen-bond donors (Lipinski definition) is 2. The van der Waals surface area contributed by atoms with Gasteiger partial charge in [-0.25, -0.2) is 8.42 Å². The molecule has 1 aromatic rings. The van der Waals surface area contributed by atoms with Crippen LogP contribution in [0.5, 0.6) is 0 Å². The number of carboxylic acid groups (broad SMARTS) is 1. The van der Waals surface area contributed by atoms with Crippen molar-refractivity contribution in [2.45, 2.75) is 13.3 Å². The van der Waals surface area contributed by atoms with Gasteiger partial charge in [-0.2, -0.15) is 0 Å². The summed E-state index contributed by atoms with van der Waals surface area (Å²) in [5, 5.41) is 18.9. The minimum absolute atomic E-state index is 0.197. The van der Waals surface area contributed by atoms with E-state index >= 15 is 0 Å². The maximum Gasteiger partial charge on any atom is 0.318 e. The molecule has 0 fully saturated rings. The zero-order chi connectivity index (χ0) is 13.8.